The van der Waals surface area contributed by atoms with Gasteiger partial charge in [0.1, 0.15) is 23.4 Å². The number of fused-ring (bicyclic) bond motifs is 1. The molecule has 3 N–H and O–H groups in total. The highest BCUT2D eigenvalue weighted by molar-refractivity contribution is 14.0. The average Bonchev–Trinajstić information content (AvgIpc) is 2.67. The zero-order chi connectivity index (χ0) is 18.4. The minimum absolute atomic E-state index is 0. The van der Waals surface area contributed by atoms with Crippen molar-refractivity contribution in [3.05, 3.63) is 54.1 Å². The lowest BCUT2D eigenvalue weighted by molar-refractivity contribution is 0.229. The van der Waals surface area contributed by atoms with Crippen LogP contribution in [0.5, 0.6) is 17.2 Å². The number of ether oxygens (including phenoxy) is 3. The summed E-state index contributed by atoms with van der Waals surface area (Å²) in [6.07, 6.45) is 0.743. The Bertz CT molecular complexity index is 770. The molecule has 0 saturated carbocycles. The summed E-state index contributed by atoms with van der Waals surface area (Å²) in [5.74, 6) is 2.82. The first-order valence-corrected chi connectivity index (χ1v) is 8.74. The molecule has 2 atom stereocenters. The third-order valence-electron chi connectivity index (χ3n) is 4.18. The predicted octanol–water partition coefficient (Wildman–Crippen LogP) is 3.51. The van der Waals surface area contributed by atoms with Gasteiger partial charge in [0.25, 0.3) is 0 Å². The third kappa shape index (κ3) is 5.92. The number of hydrogen-bond acceptors (Lipinski definition) is 4. The number of nitrogens with one attached hydrogen (secondary N) is 1. The summed E-state index contributed by atoms with van der Waals surface area (Å²) in [4.78, 5) is 4.42. The molecule has 2 aromatic rings. The lowest BCUT2D eigenvalue weighted by Gasteiger charge is -2.27. The van der Waals surface area contributed by atoms with Crippen molar-refractivity contribution in [2.75, 3.05) is 20.3 Å². The summed E-state index contributed by atoms with van der Waals surface area (Å²) >= 11 is 0. The topological polar surface area (TPSA) is 78.1 Å². The summed E-state index contributed by atoms with van der Waals surface area (Å²) < 4.78 is 16.7. The van der Waals surface area contributed by atoms with Crippen LogP contribution in [-0.2, 0) is 0 Å². The molecular weight excluding hydrogens is 457 g/mol. The van der Waals surface area contributed by atoms with Crippen molar-refractivity contribution >= 4 is 29.9 Å². The molecule has 0 radical (unpaired) electrons. The van der Waals surface area contributed by atoms with Crippen LogP contribution in [0.3, 0.4) is 0 Å². The van der Waals surface area contributed by atoms with Crippen LogP contribution in [0.1, 0.15) is 24.9 Å². The number of guanidine groups is 1. The number of halogens is 1. The second kappa shape index (κ2) is 10.2. The van der Waals surface area contributed by atoms with Gasteiger partial charge in [-0.1, -0.05) is 24.3 Å². The fourth-order valence-corrected chi connectivity index (χ4v) is 2.89. The quantitative estimate of drug-likeness (QED) is 0.374. The van der Waals surface area contributed by atoms with Crippen molar-refractivity contribution in [2.24, 2.45) is 10.7 Å². The molecule has 0 fully saturated rings. The molecular formula is C20H26IN3O3. The van der Waals surface area contributed by atoms with Gasteiger partial charge in [0.05, 0.1) is 26.3 Å². The van der Waals surface area contributed by atoms with Crippen LogP contribution < -0.4 is 25.3 Å². The minimum Gasteiger partial charge on any atom is -0.497 e. The summed E-state index contributed by atoms with van der Waals surface area (Å²) in [6, 6.07) is 15.6. The number of benzene rings is 2. The normalized spacial score (nSPS) is 17.0. The Labute approximate surface area is 177 Å². The van der Waals surface area contributed by atoms with E-state index in [1.807, 2.05) is 55.5 Å². The van der Waals surface area contributed by atoms with E-state index in [2.05, 4.69) is 10.3 Å². The molecule has 27 heavy (non-hydrogen) atoms. The Kier molecular flexibility index (Phi) is 8.02. The predicted molar refractivity (Wildman–Crippen MR) is 117 cm³/mol. The average molecular weight is 483 g/mol. The van der Waals surface area contributed by atoms with E-state index in [-0.39, 0.29) is 36.1 Å². The highest BCUT2D eigenvalue weighted by atomic mass is 127. The molecule has 1 aliphatic rings. The maximum atomic E-state index is 6.07. The van der Waals surface area contributed by atoms with Gasteiger partial charge < -0.3 is 25.3 Å². The first-order chi connectivity index (χ1) is 12.7. The summed E-state index contributed by atoms with van der Waals surface area (Å²) in [6.45, 7) is 3.08. The van der Waals surface area contributed by atoms with Crippen LogP contribution in [0, 0.1) is 0 Å². The van der Waals surface area contributed by atoms with E-state index in [0.29, 0.717) is 19.1 Å². The van der Waals surface area contributed by atoms with Gasteiger partial charge in [0.2, 0.25) is 0 Å². The molecule has 0 saturated heterocycles. The third-order valence-corrected chi connectivity index (χ3v) is 4.18. The largest absolute Gasteiger partial charge is 0.497 e. The number of rotatable bonds is 6. The Hall–Kier alpha value is -2.16. The molecule has 1 aliphatic heterocycles. The van der Waals surface area contributed by atoms with Crippen molar-refractivity contribution in [3.63, 3.8) is 0 Å². The summed E-state index contributed by atoms with van der Waals surface area (Å²) in [7, 11) is 1.63. The van der Waals surface area contributed by atoms with Gasteiger partial charge in [0, 0.05) is 18.1 Å². The molecule has 0 aromatic heterocycles. The molecule has 7 heteroatoms. The van der Waals surface area contributed by atoms with E-state index < -0.39 is 0 Å². The van der Waals surface area contributed by atoms with E-state index in [1.54, 1.807) is 7.11 Å². The second-order valence-corrected chi connectivity index (χ2v) is 6.21. The Balaban J connectivity index is 0.00000261. The van der Waals surface area contributed by atoms with E-state index >= 15 is 0 Å². The van der Waals surface area contributed by atoms with Gasteiger partial charge >= 0.3 is 0 Å². The van der Waals surface area contributed by atoms with Crippen LogP contribution in [0.25, 0.3) is 0 Å². The van der Waals surface area contributed by atoms with Gasteiger partial charge in [0.15, 0.2) is 5.96 Å². The van der Waals surface area contributed by atoms with E-state index in [0.717, 1.165) is 29.2 Å². The number of nitrogens with zero attached hydrogens (tertiary/aromatic N) is 1. The Morgan fingerprint density at radius 1 is 1.26 bits per heavy atom. The van der Waals surface area contributed by atoms with Crippen molar-refractivity contribution < 1.29 is 14.2 Å². The first kappa shape index (κ1) is 21.1. The van der Waals surface area contributed by atoms with E-state index in [4.69, 9.17) is 19.9 Å². The molecule has 6 nitrogen and oxygen atoms in total. The zero-order valence-electron chi connectivity index (χ0n) is 15.6. The number of methoxy groups -OCH3 is 1. The standard InChI is InChI=1S/C20H25N3O3.HI/c1-14(26-16-7-5-6-15(12-16)24-2)13-22-20(21)23-18-10-11-25-19-9-4-3-8-17(18)19;/h3-9,12,14,18H,10-11,13H2,1-2H3,(H3,21,22,23);1H. The van der Waals surface area contributed by atoms with Crippen molar-refractivity contribution in [1.29, 1.82) is 0 Å². The Morgan fingerprint density at radius 2 is 2.04 bits per heavy atom. The van der Waals surface area contributed by atoms with Crippen LogP contribution in [0.2, 0.25) is 0 Å². The van der Waals surface area contributed by atoms with Crippen LogP contribution in [0.15, 0.2) is 53.5 Å². The van der Waals surface area contributed by atoms with Gasteiger partial charge in [-0.2, -0.15) is 0 Å². The molecule has 2 aromatic carbocycles. The monoisotopic (exact) mass is 483 g/mol. The highest BCUT2D eigenvalue weighted by Gasteiger charge is 2.21. The fourth-order valence-electron chi connectivity index (χ4n) is 2.89. The lowest BCUT2D eigenvalue weighted by Crippen LogP contribution is -2.38. The first-order valence-electron chi connectivity index (χ1n) is 8.74. The molecule has 0 spiro atoms. The maximum Gasteiger partial charge on any atom is 0.189 e. The lowest BCUT2D eigenvalue weighted by atomic mass is 10.0. The SMILES string of the molecule is COc1cccc(OC(C)CN=C(N)NC2CCOc3ccccc32)c1.I. The van der Waals surface area contributed by atoms with E-state index in [1.165, 1.54) is 0 Å². The fraction of sp³-hybridized carbons (Fsp3) is 0.350. The highest BCUT2D eigenvalue weighted by Crippen LogP contribution is 2.31. The molecule has 146 valence electrons. The van der Waals surface area contributed by atoms with Crippen molar-refractivity contribution in [1.82, 2.24) is 5.32 Å². The van der Waals surface area contributed by atoms with Gasteiger partial charge in [-0.05, 0) is 25.1 Å². The van der Waals surface area contributed by atoms with E-state index in [9.17, 15) is 0 Å². The van der Waals surface area contributed by atoms with Crippen molar-refractivity contribution in [2.45, 2.75) is 25.5 Å². The maximum absolute atomic E-state index is 6.07. The number of aliphatic imine (C=N–C) groups is 1. The minimum atomic E-state index is -0.107. The smallest absolute Gasteiger partial charge is 0.189 e. The molecule has 0 bridgehead atoms. The molecule has 2 unspecified atom stereocenters. The summed E-state index contributed by atoms with van der Waals surface area (Å²) in [5.41, 5.74) is 7.18. The van der Waals surface area contributed by atoms with Gasteiger partial charge in [-0.15, -0.1) is 24.0 Å². The Morgan fingerprint density at radius 3 is 2.85 bits per heavy atom. The van der Waals surface area contributed by atoms with Crippen LogP contribution >= 0.6 is 24.0 Å². The van der Waals surface area contributed by atoms with Crippen LogP contribution in [-0.4, -0.2) is 32.3 Å². The molecule has 3 rings (SSSR count). The number of nitrogens with two attached hydrogens (primary N) is 1. The van der Waals surface area contributed by atoms with Crippen molar-refractivity contribution in [3.8, 4) is 17.2 Å². The molecule has 0 aliphatic carbocycles. The van der Waals surface area contributed by atoms with Gasteiger partial charge in [-0.3, -0.25) is 0 Å². The van der Waals surface area contributed by atoms with Gasteiger partial charge in [-0.25, -0.2) is 4.99 Å². The number of para-hydroxylation sites is 1. The molecule has 0 amide bonds. The second-order valence-electron chi connectivity index (χ2n) is 6.21. The number of hydrogen-bond donors (Lipinski definition) is 2. The molecule has 1 heterocycles. The summed E-state index contributed by atoms with van der Waals surface area (Å²) in [5, 5.41) is 3.28. The zero-order valence-corrected chi connectivity index (χ0v) is 17.9. The van der Waals surface area contributed by atoms with Crippen LogP contribution in [0.4, 0.5) is 0 Å².